The third kappa shape index (κ3) is 3.14. The fourth-order valence-electron chi connectivity index (χ4n) is 2.41. The Morgan fingerprint density at radius 2 is 1.90 bits per heavy atom. The molecule has 1 saturated heterocycles. The summed E-state index contributed by atoms with van der Waals surface area (Å²) in [4.78, 5) is 12.4. The van der Waals surface area contributed by atoms with Gasteiger partial charge in [0.15, 0.2) is 0 Å². The molecule has 21 heavy (non-hydrogen) atoms. The van der Waals surface area contributed by atoms with E-state index in [0.717, 1.165) is 25.7 Å². The number of sulfonamides is 1. The average Bonchev–Trinajstić information content (AvgIpc) is 3.07. The third-order valence-corrected chi connectivity index (χ3v) is 6.38. The first kappa shape index (κ1) is 15.0. The number of carbonyl (C=O) groups excluding carboxylic acids is 1. The fourth-order valence-corrected chi connectivity index (χ4v) is 4.38. The molecule has 0 bridgehead atoms. The standard InChI is InChI=1S/C14H17BrN2O3S/c15-13-6-5-11(21(19,20)17-7-1-2-8-17)9-12(13)14(18)16-10-3-4-10/h5-6,9-10H,1-4,7-8H2,(H,16,18). The van der Waals surface area contributed by atoms with Crippen molar-refractivity contribution in [2.45, 2.75) is 36.6 Å². The normalized spacial score (nSPS) is 19.7. The van der Waals surface area contributed by atoms with E-state index in [2.05, 4.69) is 21.2 Å². The predicted octanol–water partition coefficient (Wildman–Crippen LogP) is 2.13. The van der Waals surface area contributed by atoms with Crippen LogP contribution in [-0.4, -0.2) is 37.8 Å². The number of nitrogens with one attached hydrogen (secondary N) is 1. The number of hydrogen-bond donors (Lipinski definition) is 1. The van der Waals surface area contributed by atoms with Crippen LogP contribution in [0.4, 0.5) is 0 Å². The molecule has 1 aromatic rings. The summed E-state index contributed by atoms with van der Waals surface area (Å²) in [5.74, 6) is -0.220. The molecule has 0 aromatic heterocycles. The van der Waals surface area contributed by atoms with Gasteiger partial charge in [-0.3, -0.25) is 4.79 Å². The monoisotopic (exact) mass is 372 g/mol. The molecule has 0 atom stereocenters. The maximum atomic E-state index is 12.5. The van der Waals surface area contributed by atoms with Gasteiger partial charge >= 0.3 is 0 Å². The molecule has 1 saturated carbocycles. The van der Waals surface area contributed by atoms with Crippen LogP contribution >= 0.6 is 15.9 Å². The number of carbonyl (C=O) groups is 1. The maximum absolute atomic E-state index is 12.5. The number of benzene rings is 1. The van der Waals surface area contributed by atoms with E-state index in [9.17, 15) is 13.2 Å². The molecule has 0 radical (unpaired) electrons. The fraction of sp³-hybridized carbons (Fsp3) is 0.500. The molecule has 0 unspecified atom stereocenters. The highest BCUT2D eigenvalue weighted by Crippen LogP contribution is 2.26. The van der Waals surface area contributed by atoms with Crippen molar-refractivity contribution in [2.24, 2.45) is 0 Å². The summed E-state index contributed by atoms with van der Waals surface area (Å²) >= 11 is 3.32. The topological polar surface area (TPSA) is 66.5 Å². The van der Waals surface area contributed by atoms with Crippen LogP contribution in [0.15, 0.2) is 27.6 Å². The predicted molar refractivity (Wildman–Crippen MR) is 82.6 cm³/mol. The van der Waals surface area contributed by atoms with Gasteiger partial charge in [-0.15, -0.1) is 0 Å². The van der Waals surface area contributed by atoms with E-state index in [4.69, 9.17) is 0 Å². The van der Waals surface area contributed by atoms with Crippen LogP contribution in [0.1, 0.15) is 36.0 Å². The van der Waals surface area contributed by atoms with Gasteiger partial charge < -0.3 is 5.32 Å². The summed E-state index contributed by atoms with van der Waals surface area (Å²) in [5.41, 5.74) is 0.377. The zero-order chi connectivity index (χ0) is 15.0. The summed E-state index contributed by atoms with van der Waals surface area (Å²) < 4.78 is 27.2. The van der Waals surface area contributed by atoms with Crippen LogP contribution in [-0.2, 0) is 10.0 Å². The molecule has 0 spiro atoms. The Morgan fingerprint density at radius 1 is 1.24 bits per heavy atom. The summed E-state index contributed by atoms with van der Waals surface area (Å²) in [6.07, 6.45) is 3.78. The highest BCUT2D eigenvalue weighted by atomic mass is 79.9. The first-order valence-corrected chi connectivity index (χ1v) is 9.32. The lowest BCUT2D eigenvalue weighted by molar-refractivity contribution is 0.0950. The van der Waals surface area contributed by atoms with Gasteiger partial charge in [0, 0.05) is 23.6 Å². The minimum absolute atomic E-state index is 0.188. The molecule has 5 nitrogen and oxygen atoms in total. The maximum Gasteiger partial charge on any atom is 0.252 e. The van der Waals surface area contributed by atoms with Crippen molar-refractivity contribution in [1.29, 1.82) is 0 Å². The van der Waals surface area contributed by atoms with E-state index in [1.165, 1.54) is 10.4 Å². The van der Waals surface area contributed by atoms with Gasteiger partial charge in [-0.1, -0.05) is 0 Å². The summed E-state index contributed by atoms with van der Waals surface area (Å²) in [6, 6.07) is 4.88. The largest absolute Gasteiger partial charge is 0.349 e. The quantitative estimate of drug-likeness (QED) is 0.879. The number of amides is 1. The van der Waals surface area contributed by atoms with E-state index in [1.54, 1.807) is 12.1 Å². The van der Waals surface area contributed by atoms with E-state index >= 15 is 0 Å². The molecule has 2 aliphatic rings. The zero-order valence-corrected chi connectivity index (χ0v) is 13.9. The molecule has 1 aliphatic heterocycles. The van der Waals surface area contributed by atoms with Gasteiger partial charge in [-0.05, 0) is 59.8 Å². The van der Waals surface area contributed by atoms with Gasteiger partial charge in [0.1, 0.15) is 0 Å². The second kappa shape index (κ2) is 5.70. The van der Waals surface area contributed by atoms with E-state index in [0.29, 0.717) is 23.1 Å². The van der Waals surface area contributed by atoms with Gasteiger partial charge in [0.2, 0.25) is 10.0 Å². The van der Waals surface area contributed by atoms with Crippen LogP contribution in [0, 0.1) is 0 Å². The van der Waals surface area contributed by atoms with E-state index in [1.807, 2.05) is 0 Å². The zero-order valence-electron chi connectivity index (χ0n) is 11.5. The molecule has 1 amide bonds. The van der Waals surface area contributed by atoms with Crippen molar-refractivity contribution in [2.75, 3.05) is 13.1 Å². The van der Waals surface area contributed by atoms with Crippen molar-refractivity contribution in [1.82, 2.24) is 9.62 Å². The average molecular weight is 373 g/mol. The molecule has 1 heterocycles. The Balaban J connectivity index is 1.90. The van der Waals surface area contributed by atoms with Crippen LogP contribution in [0.3, 0.4) is 0 Å². The Hall–Kier alpha value is -0.920. The minimum atomic E-state index is -3.49. The molecule has 1 aromatic carbocycles. The molecular weight excluding hydrogens is 356 g/mol. The minimum Gasteiger partial charge on any atom is -0.349 e. The highest BCUT2D eigenvalue weighted by molar-refractivity contribution is 9.10. The van der Waals surface area contributed by atoms with Crippen LogP contribution < -0.4 is 5.32 Å². The van der Waals surface area contributed by atoms with Crippen LogP contribution in [0.5, 0.6) is 0 Å². The van der Waals surface area contributed by atoms with Crippen molar-refractivity contribution in [3.63, 3.8) is 0 Å². The third-order valence-electron chi connectivity index (χ3n) is 3.80. The lowest BCUT2D eigenvalue weighted by atomic mass is 10.2. The van der Waals surface area contributed by atoms with Gasteiger partial charge in [-0.2, -0.15) is 4.31 Å². The molecule has 1 N–H and O–H groups in total. The van der Waals surface area contributed by atoms with Crippen molar-refractivity contribution >= 4 is 31.9 Å². The molecule has 2 fully saturated rings. The Morgan fingerprint density at radius 3 is 2.52 bits per heavy atom. The SMILES string of the molecule is O=C(NC1CC1)c1cc(S(=O)(=O)N2CCCC2)ccc1Br. The number of nitrogens with zero attached hydrogens (tertiary/aromatic N) is 1. The molecule has 114 valence electrons. The summed E-state index contributed by atoms with van der Waals surface area (Å²) in [5, 5.41) is 2.88. The Labute approximate surface area is 132 Å². The summed E-state index contributed by atoms with van der Waals surface area (Å²) in [7, 11) is -3.49. The number of hydrogen-bond acceptors (Lipinski definition) is 3. The number of rotatable bonds is 4. The highest BCUT2D eigenvalue weighted by Gasteiger charge is 2.29. The lowest BCUT2D eigenvalue weighted by Gasteiger charge is -2.16. The smallest absolute Gasteiger partial charge is 0.252 e. The van der Waals surface area contributed by atoms with Crippen molar-refractivity contribution in [3.05, 3.63) is 28.2 Å². The van der Waals surface area contributed by atoms with Gasteiger partial charge in [0.25, 0.3) is 5.91 Å². The van der Waals surface area contributed by atoms with Crippen LogP contribution in [0.2, 0.25) is 0 Å². The van der Waals surface area contributed by atoms with Gasteiger partial charge in [-0.25, -0.2) is 8.42 Å². The van der Waals surface area contributed by atoms with E-state index < -0.39 is 10.0 Å². The van der Waals surface area contributed by atoms with Crippen LogP contribution in [0.25, 0.3) is 0 Å². The number of halogens is 1. The second-order valence-electron chi connectivity index (χ2n) is 5.50. The Kier molecular flexibility index (Phi) is 4.07. The first-order chi connectivity index (χ1) is 9.98. The lowest BCUT2D eigenvalue weighted by Crippen LogP contribution is -2.29. The van der Waals surface area contributed by atoms with Gasteiger partial charge in [0.05, 0.1) is 10.5 Å². The Bertz CT molecular complexity index is 665. The van der Waals surface area contributed by atoms with E-state index in [-0.39, 0.29) is 16.8 Å². The summed E-state index contributed by atoms with van der Waals surface area (Å²) in [6.45, 7) is 1.12. The first-order valence-electron chi connectivity index (χ1n) is 7.09. The molecule has 7 heteroatoms. The molecule has 3 rings (SSSR count). The second-order valence-corrected chi connectivity index (χ2v) is 8.29. The van der Waals surface area contributed by atoms with Crippen molar-refractivity contribution in [3.8, 4) is 0 Å². The molecule has 1 aliphatic carbocycles. The molecular formula is C14H17BrN2O3S. The van der Waals surface area contributed by atoms with Crippen molar-refractivity contribution < 1.29 is 13.2 Å².